The summed E-state index contributed by atoms with van der Waals surface area (Å²) in [4.78, 5) is 4.60. The van der Waals surface area contributed by atoms with Crippen LogP contribution in [0.5, 0.6) is 5.75 Å². The first-order valence-corrected chi connectivity index (χ1v) is 11.7. The number of halogens is 1. The highest BCUT2D eigenvalue weighted by atomic mass is 32.1. The molecule has 0 spiro atoms. The van der Waals surface area contributed by atoms with Crippen molar-refractivity contribution in [2.75, 3.05) is 26.8 Å². The molecule has 0 amide bonds. The molecule has 3 rings (SSSR count). The molecule has 1 unspecified atom stereocenters. The molecule has 6 heteroatoms. The molecule has 0 radical (unpaired) electrons. The molecule has 0 bridgehead atoms. The van der Waals surface area contributed by atoms with E-state index in [4.69, 9.17) is 9.47 Å². The number of thiazole rings is 1. The van der Waals surface area contributed by atoms with E-state index in [9.17, 15) is 4.39 Å². The number of benzene rings is 1. The maximum Gasteiger partial charge on any atom is 0.165 e. The van der Waals surface area contributed by atoms with Crippen LogP contribution >= 0.6 is 11.3 Å². The standard InChI is InChI=1S/C23H33FN2O2S/c1-27-22-14-19(10-11-21(22)24)23-26-20(17-29-23)16-28-13-7-3-2-4-8-18-9-5-6-12-25-15-18/h10-11,14,17-18,25H,2-9,12-13,15-16H2,1H3. The number of rotatable bonds is 11. The molecule has 2 aromatic rings. The van der Waals surface area contributed by atoms with Gasteiger partial charge in [0.15, 0.2) is 11.6 Å². The largest absolute Gasteiger partial charge is 0.494 e. The fourth-order valence-corrected chi connectivity index (χ4v) is 4.61. The molecule has 29 heavy (non-hydrogen) atoms. The zero-order valence-electron chi connectivity index (χ0n) is 17.4. The quantitative estimate of drug-likeness (QED) is 0.466. The Hall–Kier alpha value is -1.50. The van der Waals surface area contributed by atoms with Crippen molar-refractivity contribution in [2.24, 2.45) is 5.92 Å². The second-order valence-corrected chi connectivity index (χ2v) is 8.67. The van der Waals surface area contributed by atoms with Gasteiger partial charge in [-0.3, -0.25) is 0 Å². The minimum Gasteiger partial charge on any atom is -0.494 e. The Morgan fingerprint density at radius 1 is 1.21 bits per heavy atom. The van der Waals surface area contributed by atoms with Crippen molar-refractivity contribution in [3.8, 4) is 16.3 Å². The molecular weight excluding hydrogens is 387 g/mol. The third-order valence-electron chi connectivity index (χ3n) is 5.50. The van der Waals surface area contributed by atoms with Crippen molar-refractivity contribution >= 4 is 11.3 Å². The molecule has 1 aliphatic heterocycles. The maximum absolute atomic E-state index is 13.6. The molecule has 1 fully saturated rings. The second kappa shape index (κ2) is 12.3. The lowest BCUT2D eigenvalue weighted by molar-refractivity contribution is 0.114. The predicted octanol–water partition coefficient (Wildman–Crippen LogP) is 5.81. The average Bonchev–Trinajstić information content (AvgIpc) is 3.05. The van der Waals surface area contributed by atoms with Crippen LogP contribution in [0.3, 0.4) is 0 Å². The number of nitrogens with zero attached hydrogens (tertiary/aromatic N) is 1. The number of hydrogen-bond acceptors (Lipinski definition) is 5. The molecule has 1 aromatic carbocycles. The van der Waals surface area contributed by atoms with Crippen molar-refractivity contribution < 1.29 is 13.9 Å². The molecule has 1 saturated heterocycles. The summed E-state index contributed by atoms with van der Waals surface area (Å²) in [5.74, 6) is 0.766. The Balaban J connectivity index is 1.28. The van der Waals surface area contributed by atoms with Crippen molar-refractivity contribution in [1.29, 1.82) is 0 Å². The van der Waals surface area contributed by atoms with Gasteiger partial charge in [-0.1, -0.05) is 25.7 Å². The highest BCUT2D eigenvalue weighted by Crippen LogP contribution is 2.29. The predicted molar refractivity (Wildman–Crippen MR) is 117 cm³/mol. The minimum atomic E-state index is -0.359. The van der Waals surface area contributed by atoms with Crippen molar-refractivity contribution in [3.05, 3.63) is 35.1 Å². The summed E-state index contributed by atoms with van der Waals surface area (Å²) in [5.41, 5.74) is 1.79. The number of ether oxygens (including phenoxy) is 2. The Labute approximate surface area is 177 Å². The Morgan fingerprint density at radius 3 is 3.00 bits per heavy atom. The summed E-state index contributed by atoms with van der Waals surface area (Å²) in [7, 11) is 1.47. The zero-order valence-corrected chi connectivity index (χ0v) is 18.2. The molecule has 1 aliphatic rings. The van der Waals surface area contributed by atoms with E-state index in [1.807, 2.05) is 5.38 Å². The molecular formula is C23H33FN2O2S. The zero-order chi connectivity index (χ0) is 20.3. The van der Waals surface area contributed by atoms with E-state index >= 15 is 0 Å². The molecule has 2 heterocycles. The van der Waals surface area contributed by atoms with Crippen LogP contribution in [0, 0.1) is 11.7 Å². The van der Waals surface area contributed by atoms with Gasteiger partial charge in [0, 0.05) is 17.6 Å². The summed E-state index contributed by atoms with van der Waals surface area (Å²) in [6, 6.07) is 4.83. The second-order valence-electron chi connectivity index (χ2n) is 7.81. The van der Waals surface area contributed by atoms with Crippen LogP contribution in [0.25, 0.3) is 10.6 Å². The van der Waals surface area contributed by atoms with Crippen LogP contribution in [-0.4, -0.2) is 31.8 Å². The lowest BCUT2D eigenvalue weighted by Gasteiger charge is -2.13. The molecule has 160 valence electrons. The minimum absolute atomic E-state index is 0.241. The van der Waals surface area contributed by atoms with Crippen LogP contribution in [-0.2, 0) is 11.3 Å². The highest BCUT2D eigenvalue weighted by Gasteiger charge is 2.11. The first kappa shape index (κ1) is 22.2. The molecule has 4 nitrogen and oxygen atoms in total. The van der Waals surface area contributed by atoms with E-state index in [1.54, 1.807) is 23.5 Å². The summed E-state index contributed by atoms with van der Waals surface area (Å²) in [6.45, 7) is 3.72. The van der Waals surface area contributed by atoms with Gasteiger partial charge in [-0.2, -0.15) is 0 Å². The molecule has 1 aromatic heterocycles. The molecule has 1 atom stereocenters. The molecule has 0 aliphatic carbocycles. The van der Waals surface area contributed by atoms with Crippen molar-refractivity contribution in [1.82, 2.24) is 10.3 Å². The lowest BCUT2D eigenvalue weighted by Crippen LogP contribution is -2.20. The van der Waals surface area contributed by atoms with Gasteiger partial charge in [0.1, 0.15) is 5.01 Å². The summed E-state index contributed by atoms with van der Waals surface area (Å²) in [6.07, 6.45) is 10.5. The Kier molecular flexibility index (Phi) is 9.38. The smallest absolute Gasteiger partial charge is 0.165 e. The van der Waals surface area contributed by atoms with Gasteiger partial charge in [-0.15, -0.1) is 11.3 Å². The topological polar surface area (TPSA) is 43.4 Å². The van der Waals surface area contributed by atoms with Crippen molar-refractivity contribution in [2.45, 2.75) is 58.0 Å². The van der Waals surface area contributed by atoms with Gasteiger partial charge in [0.25, 0.3) is 0 Å². The van der Waals surface area contributed by atoms with E-state index in [2.05, 4.69) is 10.3 Å². The third-order valence-corrected chi connectivity index (χ3v) is 6.44. The molecule has 1 N–H and O–H groups in total. The lowest BCUT2D eigenvalue weighted by atomic mass is 9.96. The Morgan fingerprint density at radius 2 is 2.10 bits per heavy atom. The normalized spacial score (nSPS) is 17.2. The number of hydrogen-bond donors (Lipinski definition) is 1. The van der Waals surface area contributed by atoms with Gasteiger partial charge in [-0.25, -0.2) is 9.37 Å². The Bertz CT molecular complexity index is 729. The van der Waals surface area contributed by atoms with Crippen molar-refractivity contribution in [3.63, 3.8) is 0 Å². The van der Waals surface area contributed by atoms with Gasteiger partial charge in [0.2, 0.25) is 0 Å². The third kappa shape index (κ3) is 7.36. The van der Waals surface area contributed by atoms with Gasteiger partial charge in [-0.05, 0) is 62.9 Å². The van der Waals surface area contributed by atoms with E-state index in [-0.39, 0.29) is 11.6 Å². The van der Waals surface area contributed by atoms with Crippen LogP contribution in [0.2, 0.25) is 0 Å². The number of aromatic nitrogens is 1. The van der Waals surface area contributed by atoms with Crippen LogP contribution in [0.1, 0.15) is 57.1 Å². The van der Waals surface area contributed by atoms with E-state index in [0.29, 0.717) is 6.61 Å². The van der Waals surface area contributed by atoms with Crippen LogP contribution < -0.4 is 10.1 Å². The summed E-state index contributed by atoms with van der Waals surface area (Å²) < 4.78 is 24.4. The van der Waals surface area contributed by atoms with E-state index in [1.165, 1.54) is 71.2 Å². The van der Waals surface area contributed by atoms with Gasteiger partial charge in [0.05, 0.1) is 19.4 Å². The number of nitrogens with one attached hydrogen (secondary N) is 1. The SMILES string of the molecule is COc1cc(-c2nc(COCCCCCCC3CCCCNC3)cs2)ccc1F. The first-order valence-electron chi connectivity index (χ1n) is 10.8. The highest BCUT2D eigenvalue weighted by molar-refractivity contribution is 7.13. The summed E-state index contributed by atoms with van der Waals surface area (Å²) >= 11 is 1.54. The van der Waals surface area contributed by atoms with Gasteiger partial charge < -0.3 is 14.8 Å². The fraction of sp³-hybridized carbons (Fsp3) is 0.609. The monoisotopic (exact) mass is 420 g/mol. The summed E-state index contributed by atoms with van der Waals surface area (Å²) in [5, 5.41) is 6.42. The number of methoxy groups -OCH3 is 1. The number of unbranched alkanes of at least 4 members (excludes halogenated alkanes) is 3. The van der Waals surface area contributed by atoms with Gasteiger partial charge >= 0.3 is 0 Å². The average molecular weight is 421 g/mol. The van der Waals surface area contributed by atoms with Crippen LogP contribution in [0.15, 0.2) is 23.6 Å². The maximum atomic E-state index is 13.6. The van der Waals surface area contributed by atoms with Crippen LogP contribution in [0.4, 0.5) is 4.39 Å². The first-order chi connectivity index (χ1) is 14.3. The fourth-order valence-electron chi connectivity index (χ4n) is 3.80. The van der Waals surface area contributed by atoms with E-state index < -0.39 is 0 Å². The van der Waals surface area contributed by atoms with E-state index in [0.717, 1.165) is 35.2 Å². The molecule has 0 saturated carbocycles.